The normalized spacial score (nSPS) is 11.3. The Morgan fingerprint density at radius 2 is 2.19 bits per heavy atom. The van der Waals surface area contributed by atoms with Crippen LogP contribution in [0.2, 0.25) is 0 Å². The molecule has 0 amide bonds. The van der Waals surface area contributed by atoms with Gasteiger partial charge in [-0.1, -0.05) is 23.3 Å². The van der Waals surface area contributed by atoms with Crippen LogP contribution in [0.25, 0.3) is 10.4 Å². The smallest absolute Gasteiger partial charge is 0.356 e. The van der Waals surface area contributed by atoms with E-state index >= 15 is 0 Å². The Balaban J connectivity index is 2.42. The lowest BCUT2D eigenvalue weighted by Gasteiger charge is -2.08. The van der Waals surface area contributed by atoms with E-state index in [9.17, 15) is 9.35 Å². The quantitative estimate of drug-likeness (QED) is 0.256. The number of nitrogens with zero attached hydrogens (tertiary/aromatic N) is 3. The van der Waals surface area contributed by atoms with E-state index in [1.807, 2.05) is 0 Å². The predicted octanol–water partition coefficient (Wildman–Crippen LogP) is 1.61. The molecular formula is C9H9N3O3S. The number of hydrogen-bond donors (Lipinski definition) is 0. The molecule has 0 heterocycles. The molecule has 16 heavy (non-hydrogen) atoms. The number of esters is 1. The Kier molecular flexibility index (Phi) is 5.21. The minimum atomic E-state index is -1.43. The third-order valence-electron chi connectivity index (χ3n) is 1.60. The molecule has 0 fully saturated rings. The SMILES string of the molecule is [N-]=[N+]=NCOC(=O)C[S+]([O-])c1ccccc1. The van der Waals surface area contributed by atoms with Gasteiger partial charge in [0, 0.05) is 4.91 Å². The van der Waals surface area contributed by atoms with Gasteiger partial charge >= 0.3 is 5.97 Å². The number of azide groups is 1. The number of benzene rings is 1. The summed E-state index contributed by atoms with van der Waals surface area (Å²) in [7, 11) is 0. The summed E-state index contributed by atoms with van der Waals surface area (Å²) < 4.78 is 16.1. The number of rotatable bonds is 5. The molecule has 1 aromatic rings. The van der Waals surface area contributed by atoms with Gasteiger partial charge in [0.05, 0.1) is 0 Å². The fraction of sp³-hybridized carbons (Fsp3) is 0.222. The summed E-state index contributed by atoms with van der Waals surface area (Å²) in [6, 6.07) is 8.59. The monoisotopic (exact) mass is 239 g/mol. The molecule has 0 aliphatic carbocycles. The van der Waals surface area contributed by atoms with Crippen LogP contribution in [-0.4, -0.2) is 23.0 Å². The highest BCUT2D eigenvalue weighted by Gasteiger charge is 2.16. The van der Waals surface area contributed by atoms with Gasteiger partial charge in [0.1, 0.15) is 0 Å². The van der Waals surface area contributed by atoms with Gasteiger partial charge in [0.15, 0.2) is 11.6 Å². The van der Waals surface area contributed by atoms with Crippen LogP contribution in [-0.2, 0) is 20.7 Å². The van der Waals surface area contributed by atoms with Crippen molar-refractivity contribution in [2.45, 2.75) is 4.90 Å². The van der Waals surface area contributed by atoms with E-state index in [-0.39, 0.29) is 12.5 Å². The van der Waals surface area contributed by atoms with Gasteiger partial charge in [-0.25, -0.2) is 4.79 Å². The average Bonchev–Trinajstić information content (AvgIpc) is 2.30. The second-order valence-corrected chi connectivity index (χ2v) is 4.13. The molecule has 7 heteroatoms. The summed E-state index contributed by atoms with van der Waals surface area (Å²) in [6.07, 6.45) is 0. The molecule has 0 radical (unpaired) electrons. The lowest BCUT2D eigenvalue weighted by Crippen LogP contribution is -2.18. The van der Waals surface area contributed by atoms with E-state index in [0.717, 1.165) is 0 Å². The Morgan fingerprint density at radius 3 is 2.81 bits per heavy atom. The van der Waals surface area contributed by atoms with Crippen LogP contribution < -0.4 is 0 Å². The van der Waals surface area contributed by atoms with E-state index in [4.69, 9.17) is 5.53 Å². The summed E-state index contributed by atoms with van der Waals surface area (Å²) in [5.74, 6) is -0.903. The maximum Gasteiger partial charge on any atom is 0.356 e. The Labute approximate surface area is 95.0 Å². The molecule has 0 spiro atoms. The number of hydrogen-bond acceptors (Lipinski definition) is 4. The van der Waals surface area contributed by atoms with Gasteiger partial charge in [0.25, 0.3) is 0 Å². The third kappa shape index (κ3) is 4.22. The molecule has 0 N–H and O–H groups in total. The first kappa shape index (κ1) is 12.4. The maximum atomic E-state index is 11.6. The molecule has 0 saturated carbocycles. The van der Waals surface area contributed by atoms with E-state index in [2.05, 4.69) is 14.8 Å². The van der Waals surface area contributed by atoms with Crippen molar-refractivity contribution < 1.29 is 14.1 Å². The molecule has 0 saturated heterocycles. The standard InChI is InChI=1S/C9H9N3O3S/c10-12-11-7-15-9(13)6-16(14)8-4-2-1-3-5-8/h1-5H,6-7H2. The number of ether oxygens (including phenoxy) is 1. The maximum absolute atomic E-state index is 11.6. The largest absolute Gasteiger partial charge is 0.611 e. The van der Waals surface area contributed by atoms with E-state index in [1.54, 1.807) is 30.3 Å². The van der Waals surface area contributed by atoms with Gasteiger partial charge in [-0.15, -0.1) is 0 Å². The zero-order valence-corrected chi connectivity index (χ0v) is 9.09. The van der Waals surface area contributed by atoms with Crippen LogP contribution in [0.4, 0.5) is 0 Å². The second kappa shape index (κ2) is 6.73. The predicted molar refractivity (Wildman–Crippen MR) is 57.8 cm³/mol. The van der Waals surface area contributed by atoms with Gasteiger partial charge in [-0.05, 0) is 28.8 Å². The second-order valence-electron chi connectivity index (χ2n) is 2.68. The first-order valence-electron chi connectivity index (χ1n) is 4.34. The lowest BCUT2D eigenvalue weighted by molar-refractivity contribution is -0.140. The third-order valence-corrected chi connectivity index (χ3v) is 2.90. The zero-order valence-electron chi connectivity index (χ0n) is 8.28. The summed E-state index contributed by atoms with van der Waals surface area (Å²) in [5, 5.41) is 3.03. The highest BCUT2D eigenvalue weighted by molar-refractivity contribution is 7.92. The molecule has 0 aromatic heterocycles. The Hall–Kier alpha value is -1.69. The van der Waals surface area contributed by atoms with Crippen LogP contribution in [0.3, 0.4) is 0 Å². The summed E-state index contributed by atoms with van der Waals surface area (Å²) in [4.78, 5) is 14.1. The minimum Gasteiger partial charge on any atom is -0.611 e. The van der Waals surface area contributed by atoms with Crippen LogP contribution in [0.5, 0.6) is 0 Å². The molecule has 1 unspecified atom stereocenters. The molecule has 1 rings (SSSR count). The van der Waals surface area contributed by atoms with Crippen molar-refractivity contribution in [1.29, 1.82) is 0 Å². The molecule has 0 aliphatic heterocycles. The van der Waals surface area contributed by atoms with Crippen molar-refractivity contribution in [3.8, 4) is 0 Å². The topological polar surface area (TPSA) is 98.1 Å². The highest BCUT2D eigenvalue weighted by atomic mass is 32.2. The van der Waals surface area contributed by atoms with Crippen LogP contribution in [0.1, 0.15) is 0 Å². The van der Waals surface area contributed by atoms with Crippen molar-refractivity contribution in [2.75, 3.05) is 12.5 Å². The van der Waals surface area contributed by atoms with E-state index in [0.29, 0.717) is 4.90 Å². The Bertz CT molecular complexity index is 392. The molecular weight excluding hydrogens is 230 g/mol. The minimum absolute atomic E-state index is 0.245. The first-order chi connectivity index (χ1) is 7.74. The fourth-order valence-corrected chi connectivity index (χ4v) is 1.86. The molecule has 1 aromatic carbocycles. The van der Waals surface area contributed by atoms with Crippen molar-refractivity contribution in [2.24, 2.45) is 5.11 Å². The first-order valence-corrected chi connectivity index (χ1v) is 5.66. The van der Waals surface area contributed by atoms with E-state index < -0.39 is 17.1 Å². The molecule has 84 valence electrons. The summed E-state index contributed by atoms with van der Waals surface area (Å²) >= 11 is -1.43. The lowest BCUT2D eigenvalue weighted by atomic mass is 10.4. The molecule has 6 nitrogen and oxygen atoms in total. The van der Waals surface area contributed by atoms with Crippen molar-refractivity contribution >= 4 is 17.1 Å². The summed E-state index contributed by atoms with van der Waals surface area (Å²) in [6.45, 7) is -0.374. The zero-order chi connectivity index (χ0) is 11.8. The van der Waals surface area contributed by atoms with Crippen molar-refractivity contribution in [3.05, 3.63) is 40.8 Å². The van der Waals surface area contributed by atoms with E-state index in [1.165, 1.54) is 0 Å². The van der Waals surface area contributed by atoms with Crippen LogP contribution >= 0.6 is 0 Å². The molecule has 0 aliphatic rings. The van der Waals surface area contributed by atoms with Gasteiger partial charge in [-0.2, -0.15) is 0 Å². The van der Waals surface area contributed by atoms with Crippen LogP contribution in [0, 0.1) is 0 Å². The van der Waals surface area contributed by atoms with Gasteiger partial charge < -0.3 is 9.29 Å². The van der Waals surface area contributed by atoms with Crippen molar-refractivity contribution in [1.82, 2.24) is 0 Å². The fourth-order valence-electron chi connectivity index (χ4n) is 0.931. The average molecular weight is 239 g/mol. The van der Waals surface area contributed by atoms with Crippen LogP contribution in [0.15, 0.2) is 40.3 Å². The Morgan fingerprint density at radius 1 is 1.50 bits per heavy atom. The highest BCUT2D eigenvalue weighted by Crippen LogP contribution is 2.10. The number of carbonyl (C=O) groups excluding carboxylic acids is 1. The summed E-state index contributed by atoms with van der Waals surface area (Å²) in [5.41, 5.74) is 7.95. The van der Waals surface area contributed by atoms with Crippen molar-refractivity contribution in [3.63, 3.8) is 0 Å². The van der Waals surface area contributed by atoms with Gasteiger partial charge in [0.2, 0.25) is 5.75 Å². The number of carbonyl (C=O) groups is 1. The van der Waals surface area contributed by atoms with Gasteiger partial charge in [-0.3, -0.25) is 0 Å². The molecule has 1 atom stereocenters. The molecule has 0 bridgehead atoms.